The van der Waals surface area contributed by atoms with Gasteiger partial charge in [0.15, 0.2) is 0 Å². The smallest absolute Gasteiger partial charge is 0.131 e. The summed E-state index contributed by atoms with van der Waals surface area (Å²) in [4.78, 5) is 6.97. The highest BCUT2D eigenvalue weighted by Crippen LogP contribution is 2.26. The molecule has 0 saturated heterocycles. The Labute approximate surface area is 106 Å². The van der Waals surface area contributed by atoms with E-state index in [0.29, 0.717) is 0 Å². The van der Waals surface area contributed by atoms with Crippen LogP contribution in [-0.4, -0.2) is 9.55 Å². The van der Waals surface area contributed by atoms with Crippen LogP contribution in [0, 0.1) is 0 Å². The summed E-state index contributed by atoms with van der Waals surface area (Å²) in [7, 11) is 0. The third-order valence-electron chi connectivity index (χ3n) is 2.83. The van der Waals surface area contributed by atoms with Crippen LogP contribution in [0.3, 0.4) is 0 Å². The monoisotopic (exact) mass is 249 g/mol. The maximum Gasteiger partial charge on any atom is 0.131 e. The van der Waals surface area contributed by atoms with Crippen molar-refractivity contribution in [2.45, 2.75) is 39.3 Å². The lowest BCUT2D eigenvalue weighted by Gasteiger charge is -2.12. The summed E-state index contributed by atoms with van der Waals surface area (Å²) in [5.41, 5.74) is 6.29. The van der Waals surface area contributed by atoms with E-state index in [1.54, 1.807) is 11.3 Å². The van der Waals surface area contributed by atoms with E-state index in [1.807, 2.05) is 12.4 Å². The largest absolute Gasteiger partial charge is 0.333 e. The third kappa shape index (κ3) is 2.58. The van der Waals surface area contributed by atoms with Gasteiger partial charge in [-0.15, -0.1) is 11.3 Å². The van der Waals surface area contributed by atoms with Gasteiger partial charge >= 0.3 is 0 Å². The molecule has 3 nitrogen and oxygen atoms in total. The quantitative estimate of drug-likeness (QED) is 0.885. The fourth-order valence-corrected chi connectivity index (χ4v) is 2.86. The molecule has 2 rings (SSSR count). The molecule has 2 aromatic heterocycles. The van der Waals surface area contributed by atoms with Crippen molar-refractivity contribution < 1.29 is 0 Å². The minimum absolute atomic E-state index is 0.0955. The number of nitrogens with two attached hydrogens (primary N) is 1. The Morgan fingerprint density at radius 1 is 1.41 bits per heavy atom. The molecule has 0 radical (unpaired) electrons. The average molecular weight is 249 g/mol. The second-order valence-electron chi connectivity index (χ2n) is 4.11. The topological polar surface area (TPSA) is 43.8 Å². The van der Waals surface area contributed by atoms with Gasteiger partial charge in [0.25, 0.3) is 0 Å². The lowest BCUT2D eigenvalue weighted by atomic mass is 10.2. The molecule has 2 aromatic rings. The Morgan fingerprint density at radius 2 is 2.24 bits per heavy atom. The molecule has 92 valence electrons. The second kappa shape index (κ2) is 5.47. The fraction of sp³-hybridized carbons (Fsp3) is 0.462. The van der Waals surface area contributed by atoms with Crippen LogP contribution in [0.1, 0.15) is 41.9 Å². The van der Waals surface area contributed by atoms with Gasteiger partial charge in [-0.2, -0.15) is 0 Å². The van der Waals surface area contributed by atoms with Gasteiger partial charge in [0, 0.05) is 28.7 Å². The molecule has 0 amide bonds. The standard InChI is InChI=1S/C13H19N3S/c1-3-8-16-9-7-15-13(16)12(14)11-6-5-10(4-2)17-11/h5-7,9,12H,3-4,8,14H2,1-2H3. The number of hydrogen-bond acceptors (Lipinski definition) is 3. The van der Waals surface area contributed by atoms with Crippen molar-refractivity contribution in [2.75, 3.05) is 0 Å². The number of aryl methyl sites for hydroxylation is 2. The Hall–Kier alpha value is -1.13. The van der Waals surface area contributed by atoms with Gasteiger partial charge in [0.1, 0.15) is 5.82 Å². The number of aromatic nitrogens is 2. The van der Waals surface area contributed by atoms with Gasteiger partial charge in [-0.1, -0.05) is 13.8 Å². The SMILES string of the molecule is CCCn1ccnc1C(N)c1ccc(CC)s1. The predicted molar refractivity (Wildman–Crippen MR) is 72.2 cm³/mol. The van der Waals surface area contributed by atoms with Gasteiger partial charge < -0.3 is 10.3 Å². The lowest BCUT2D eigenvalue weighted by molar-refractivity contribution is 0.616. The minimum Gasteiger partial charge on any atom is -0.333 e. The summed E-state index contributed by atoms with van der Waals surface area (Å²) in [6, 6.07) is 4.19. The predicted octanol–water partition coefficient (Wildman–Crippen LogP) is 2.97. The number of nitrogens with zero attached hydrogens (tertiary/aromatic N) is 2. The van der Waals surface area contributed by atoms with Crippen LogP contribution < -0.4 is 5.73 Å². The molecule has 0 aliphatic carbocycles. The van der Waals surface area contributed by atoms with Crippen molar-refractivity contribution >= 4 is 11.3 Å². The van der Waals surface area contributed by atoms with Crippen molar-refractivity contribution in [2.24, 2.45) is 5.73 Å². The molecule has 1 unspecified atom stereocenters. The van der Waals surface area contributed by atoms with Crippen LogP contribution in [0.2, 0.25) is 0 Å². The number of imidazole rings is 1. The highest BCUT2D eigenvalue weighted by molar-refractivity contribution is 7.12. The van der Waals surface area contributed by atoms with Crippen molar-refractivity contribution in [1.82, 2.24) is 9.55 Å². The van der Waals surface area contributed by atoms with Gasteiger partial charge in [-0.05, 0) is 25.0 Å². The molecular formula is C13H19N3S. The third-order valence-corrected chi connectivity index (χ3v) is 4.14. The van der Waals surface area contributed by atoms with Gasteiger partial charge in [-0.25, -0.2) is 4.98 Å². The van der Waals surface area contributed by atoms with Crippen molar-refractivity contribution in [3.05, 3.63) is 40.1 Å². The molecule has 0 spiro atoms. The van der Waals surface area contributed by atoms with E-state index in [0.717, 1.165) is 25.2 Å². The first-order chi connectivity index (χ1) is 8.26. The van der Waals surface area contributed by atoms with Gasteiger partial charge in [-0.3, -0.25) is 0 Å². The van der Waals surface area contributed by atoms with E-state index in [2.05, 4.69) is 35.5 Å². The van der Waals surface area contributed by atoms with Crippen LogP contribution in [0.25, 0.3) is 0 Å². The van der Waals surface area contributed by atoms with Crippen LogP contribution in [0.4, 0.5) is 0 Å². The zero-order chi connectivity index (χ0) is 12.3. The molecule has 0 bridgehead atoms. The van der Waals surface area contributed by atoms with Crippen LogP contribution in [0.5, 0.6) is 0 Å². The van der Waals surface area contributed by atoms with Crippen LogP contribution in [0.15, 0.2) is 24.5 Å². The Bertz CT molecular complexity index is 472. The van der Waals surface area contributed by atoms with E-state index in [4.69, 9.17) is 5.73 Å². The average Bonchev–Trinajstić information content (AvgIpc) is 2.97. The fourth-order valence-electron chi connectivity index (χ4n) is 1.91. The maximum absolute atomic E-state index is 6.29. The molecular weight excluding hydrogens is 230 g/mol. The van der Waals surface area contributed by atoms with E-state index in [1.165, 1.54) is 9.75 Å². The molecule has 17 heavy (non-hydrogen) atoms. The molecule has 0 fully saturated rings. The minimum atomic E-state index is -0.0955. The van der Waals surface area contributed by atoms with Gasteiger partial charge in [0.05, 0.1) is 6.04 Å². The Balaban J connectivity index is 2.23. The molecule has 0 saturated carbocycles. The first-order valence-corrected chi connectivity index (χ1v) is 6.93. The molecule has 0 aliphatic heterocycles. The number of hydrogen-bond donors (Lipinski definition) is 1. The Morgan fingerprint density at radius 3 is 2.88 bits per heavy atom. The molecule has 4 heteroatoms. The zero-order valence-corrected chi connectivity index (χ0v) is 11.2. The van der Waals surface area contributed by atoms with Crippen molar-refractivity contribution in [3.8, 4) is 0 Å². The Kier molecular flexibility index (Phi) is 3.97. The highest BCUT2D eigenvalue weighted by atomic mass is 32.1. The normalized spacial score (nSPS) is 12.9. The van der Waals surface area contributed by atoms with Crippen LogP contribution >= 0.6 is 11.3 Å². The molecule has 0 aromatic carbocycles. The summed E-state index contributed by atoms with van der Waals surface area (Å²) >= 11 is 1.79. The van der Waals surface area contributed by atoms with Crippen molar-refractivity contribution in [1.29, 1.82) is 0 Å². The van der Waals surface area contributed by atoms with E-state index < -0.39 is 0 Å². The summed E-state index contributed by atoms with van der Waals surface area (Å²) in [5.74, 6) is 0.969. The summed E-state index contributed by atoms with van der Waals surface area (Å²) in [5, 5.41) is 0. The lowest BCUT2D eigenvalue weighted by Crippen LogP contribution is -2.16. The highest BCUT2D eigenvalue weighted by Gasteiger charge is 2.16. The van der Waals surface area contributed by atoms with Crippen LogP contribution in [-0.2, 0) is 13.0 Å². The second-order valence-corrected chi connectivity index (χ2v) is 5.31. The molecule has 2 heterocycles. The first kappa shape index (κ1) is 12.3. The first-order valence-electron chi connectivity index (χ1n) is 6.11. The molecule has 0 aliphatic rings. The van der Waals surface area contributed by atoms with E-state index in [-0.39, 0.29) is 6.04 Å². The molecule has 1 atom stereocenters. The zero-order valence-electron chi connectivity index (χ0n) is 10.4. The number of thiophene rings is 1. The summed E-state index contributed by atoms with van der Waals surface area (Å²) < 4.78 is 2.15. The van der Waals surface area contributed by atoms with Gasteiger partial charge in [0.2, 0.25) is 0 Å². The van der Waals surface area contributed by atoms with E-state index >= 15 is 0 Å². The van der Waals surface area contributed by atoms with Crippen molar-refractivity contribution in [3.63, 3.8) is 0 Å². The van der Waals surface area contributed by atoms with E-state index in [9.17, 15) is 0 Å². The summed E-state index contributed by atoms with van der Waals surface area (Å²) in [6.07, 6.45) is 6.01. The molecule has 2 N–H and O–H groups in total. The summed E-state index contributed by atoms with van der Waals surface area (Å²) in [6.45, 7) is 5.31. The maximum atomic E-state index is 6.29. The number of rotatable bonds is 5.